The molecule has 0 radical (unpaired) electrons. The van der Waals surface area contributed by atoms with Crippen LogP contribution in [-0.4, -0.2) is 55.3 Å². The first-order valence-electron chi connectivity index (χ1n) is 5.18. The highest BCUT2D eigenvalue weighted by molar-refractivity contribution is 5.86. The first-order chi connectivity index (χ1) is 7.26. The summed E-state index contributed by atoms with van der Waals surface area (Å²) in [6, 6.07) is 0. The number of likely N-dealkylation sites (N-methyl/N-ethyl adjacent to an activating group) is 1. The molecular weight excluding hydrogens is 194 g/mol. The van der Waals surface area contributed by atoms with E-state index in [1.165, 1.54) is 0 Å². The summed E-state index contributed by atoms with van der Waals surface area (Å²) in [5.41, 5.74) is 0. The van der Waals surface area contributed by atoms with Crippen molar-refractivity contribution in [2.75, 3.05) is 33.4 Å². The zero-order chi connectivity index (χ0) is 10.8. The summed E-state index contributed by atoms with van der Waals surface area (Å²) in [5.74, 6) is 1.84. The molecule has 0 aromatic rings. The third-order valence-electron chi connectivity index (χ3n) is 2.53. The summed E-state index contributed by atoms with van der Waals surface area (Å²) in [4.78, 5) is 2.06. The van der Waals surface area contributed by atoms with Crippen molar-refractivity contribution in [3.05, 3.63) is 12.4 Å². The average molecular weight is 211 g/mol. The first-order valence-corrected chi connectivity index (χ1v) is 5.18. The number of amidine groups is 1. The molecular formula is C10H17N3O2. The Kier molecular flexibility index (Phi) is 2.93. The molecule has 0 aromatic heterocycles. The zero-order valence-corrected chi connectivity index (χ0v) is 9.27. The monoisotopic (exact) mass is 211 g/mol. The number of ether oxygens (including phenoxy) is 2. The van der Waals surface area contributed by atoms with Crippen LogP contribution in [0.2, 0.25) is 0 Å². The summed E-state index contributed by atoms with van der Waals surface area (Å²) in [6.07, 6.45) is 0.325. The lowest BCUT2D eigenvalue weighted by Crippen LogP contribution is -2.31. The van der Waals surface area contributed by atoms with E-state index >= 15 is 0 Å². The Morgan fingerprint density at radius 3 is 2.93 bits per heavy atom. The van der Waals surface area contributed by atoms with Crippen LogP contribution in [0.3, 0.4) is 0 Å². The Labute approximate surface area is 89.9 Å². The molecule has 84 valence electrons. The quantitative estimate of drug-likeness (QED) is 0.619. The number of hydrogen-bond donors (Lipinski definition) is 0. The van der Waals surface area contributed by atoms with E-state index in [0.717, 1.165) is 31.4 Å². The van der Waals surface area contributed by atoms with Gasteiger partial charge in [0.25, 0.3) is 0 Å². The fourth-order valence-corrected chi connectivity index (χ4v) is 1.65. The van der Waals surface area contributed by atoms with Crippen LogP contribution in [-0.2, 0) is 9.47 Å². The van der Waals surface area contributed by atoms with Gasteiger partial charge in [-0.2, -0.15) is 5.10 Å². The van der Waals surface area contributed by atoms with Gasteiger partial charge in [0.1, 0.15) is 18.5 Å². The SMILES string of the molecule is C=C1N(CC2CO2)N=C(COC)N1CC. The van der Waals surface area contributed by atoms with Crippen molar-refractivity contribution in [1.29, 1.82) is 0 Å². The van der Waals surface area contributed by atoms with Gasteiger partial charge in [0.05, 0.1) is 13.2 Å². The second kappa shape index (κ2) is 4.20. The van der Waals surface area contributed by atoms with Crippen LogP contribution < -0.4 is 0 Å². The van der Waals surface area contributed by atoms with Gasteiger partial charge < -0.3 is 14.4 Å². The molecule has 15 heavy (non-hydrogen) atoms. The van der Waals surface area contributed by atoms with Crippen molar-refractivity contribution >= 4 is 5.84 Å². The molecule has 0 aliphatic carbocycles. The highest BCUT2D eigenvalue weighted by Crippen LogP contribution is 2.22. The molecule has 2 heterocycles. The molecule has 0 bridgehead atoms. The lowest BCUT2D eigenvalue weighted by molar-refractivity contribution is 0.236. The van der Waals surface area contributed by atoms with E-state index in [-0.39, 0.29) is 0 Å². The highest BCUT2D eigenvalue weighted by Gasteiger charge is 2.32. The van der Waals surface area contributed by atoms with Crippen molar-refractivity contribution in [3.8, 4) is 0 Å². The van der Waals surface area contributed by atoms with E-state index < -0.39 is 0 Å². The maximum atomic E-state index is 5.18. The first kappa shape index (κ1) is 10.4. The van der Waals surface area contributed by atoms with Crippen LogP contribution in [0.5, 0.6) is 0 Å². The van der Waals surface area contributed by atoms with Gasteiger partial charge in [-0.3, -0.25) is 0 Å². The molecule has 0 saturated carbocycles. The fraction of sp³-hybridized carbons (Fsp3) is 0.700. The van der Waals surface area contributed by atoms with Crippen molar-refractivity contribution in [3.63, 3.8) is 0 Å². The Morgan fingerprint density at radius 2 is 2.40 bits per heavy atom. The lowest BCUT2D eigenvalue weighted by atomic mass is 10.4. The molecule has 2 aliphatic heterocycles. The number of epoxide rings is 1. The van der Waals surface area contributed by atoms with E-state index in [9.17, 15) is 0 Å². The third-order valence-corrected chi connectivity index (χ3v) is 2.53. The summed E-state index contributed by atoms with van der Waals surface area (Å²) < 4.78 is 10.3. The van der Waals surface area contributed by atoms with Crippen LogP contribution in [0.4, 0.5) is 0 Å². The molecule has 2 rings (SSSR count). The van der Waals surface area contributed by atoms with Gasteiger partial charge in [0, 0.05) is 13.7 Å². The van der Waals surface area contributed by atoms with Crippen molar-refractivity contribution in [2.45, 2.75) is 13.0 Å². The van der Waals surface area contributed by atoms with Crippen molar-refractivity contribution in [2.24, 2.45) is 5.10 Å². The van der Waals surface area contributed by atoms with E-state index in [2.05, 4.69) is 23.5 Å². The largest absolute Gasteiger partial charge is 0.377 e. The molecule has 0 spiro atoms. The van der Waals surface area contributed by atoms with E-state index in [0.29, 0.717) is 12.7 Å². The standard InChI is InChI=1S/C10H17N3O2/c1-4-12-8(2)13(5-9-6-15-9)11-10(12)7-14-3/h9H,2,4-7H2,1,3H3. The molecule has 1 atom stereocenters. The average Bonchev–Trinajstić information content (AvgIpc) is 2.96. The van der Waals surface area contributed by atoms with E-state index in [1.807, 2.05) is 5.01 Å². The van der Waals surface area contributed by atoms with Gasteiger partial charge in [-0.1, -0.05) is 6.58 Å². The predicted octanol–water partition coefficient (Wildman–Crippen LogP) is 0.454. The molecule has 2 aliphatic rings. The van der Waals surface area contributed by atoms with Crippen LogP contribution in [0.25, 0.3) is 0 Å². The van der Waals surface area contributed by atoms with Gasteiger partial charge in [-0.05, 0) is 6.92 Å². The second-order valence-electron chi connectivity index (χ2n) is 3.65. The normalized spacial score (nSPS) is 24.8. The summed E-state index contributed by atoms with van der Waals surface area (Å²) in [5, 5.41) is 6.36. The molecule has 0 N–H and O–H groups in total. The Bertz CT molecular complexity index is 286. The predicted molar refractivity (Wildman–Crippen MR) is 57.3 cm³/mol. The number of hydrogen-bond acceptors (Lipinski definition) is 5. The van der Waals surface area contributed by atoms with E-state index in [1.54, 1.807) is 7.11 Å². The minimum Gasteiger partial charge on any atom is -0.377 e. The Hall–Kier alpha value is -1.07. The van der Waals surface area contributed by atoms with Crippen LogP contribution in [0.1, 0.15) is 6.92 Å². The lowest BCUT2D eigenvalue weighted by Gasteiger charge is -2.21. The number of rotatable bonds is 5. The maximum Gasteiger partial charge on any atom is 0.157 e. The fourth-order valence-electron chi connectivity index (χ4n) is 1.65. The van der Waals surface area contributed by atoms with Crippen LogP contribution in [0, 0.1) is 0 Å². The smallest absolute Gasteiger partial charge is 0.157 e. The molecule has 1 fully saturated rings. The van der Waals surface area contributed by atoms with Gasteiger partial charge in [0.15, 0.2) is 5.84 Å². The third kappa shape index (κ3) is 2.13. The highest BCUT2D eigenvalue weighted by atomic mass is 16.6. The summed E-state index contributed by atoms with van der Waals surface area (Å²) in [6.45, 7) is 9.12. The van der Waals surface area contributed by atoms with Gasteiger partial charge in [0.2, 0.25) is 0 Å². The van der Waals surface area contributed by atoms with Gasteiger partial charge in [-0.25, -0.2) is 5.01 Å². The van der Waals surface area contributed by atoms with Crippen LogP contribution in [0.15, 0.2) is 17.5 Å². The second-order valence-corrected chi connectivity index (χ2v) is 3.65. The molecule has 0 amide bonds. The molecule has 0 aromatic carbocycles. The van der Waals surface area contributed by atoms with Crippen LogP contribution >= 0.6 is 0 Å². The van der Waals surface area contributed by atoms with Crippen molar-refractivity contribution < 1.29 is 9.47 Å². The minimum atomic E-state index is 0.325. The molecule has 5 heteroatoms. The van der Waals surface area contributed by atoms with E-state index in [4.69, 9.17) is 9.47 Å². The number of nitrogens with zero attached hydrogens (tertiary/aromatic N) is 3. The Morgan fingerprint density at radius 1 is 1.67 bits per heavy atom. The Balaban J connectivity index is 2.02. The number of hydrazone groups is 1. The van der Waals surface area contributed by atoms with Gasteiger partial charge >= 0.3 is 0 Å². The topological polar surface area (TPSA) is 40.6 Å². The maximum absolute atomic E-state index is 5.18. The molecule has 5 nitrogen and oxygen atoms in total. The zero-order valence-electron chi connectivity index (χ0n) is 9.27. The molecule has 1 saturated heterocycles. The molecule has 1 unspecified atom stereocenters. The summed E-state index contributed by atoms with van der Waals surface area (Å²) >= 11 is 0. The van der Waals surface area contributed by atoms with Gasteiger partial charge in [-0.15, -0.1) is 0 Å². The van der Waals surface area contributed by atoms with Crippen molar-refractivity contribution in [1.82, 2.24) is 9.91 Å². The summed E-state index contributed by atoms with van der Waals surface area (Å²) in [7, 11) is 1.67. The number of methoxy groups -OCH3 is 1. The minimum absolute atomic E-state index is 0.325.